The molecule has 2 rings (SSSR count). The Balaban J connectivity index is 2.24. The van der Waals surface area contributed by atoms with Crippen molar-refractivity contribution in [2.45, 2.75) is 131 Å². The molecule has 4 amide bonds. The Morgan fingerprint density at radius 1 is 0.960 bits per heavy atom. The lowest BCUT2D eigenvalue weighted by atomic mass is 9.89. The number of benzene rings is 1. The second-order valence-corrected chi connectivity index (χ2v) is 14.8. The Morgan fingerprint density at radius 3 is 2.16 bits per heavy atom. The first-order valence-electron chi connectivity index (χ1n) is 18.1. The zero-order valence-corrected chi connectivity index (χ0v) is 31.6. The molecular weight excluding hydrogens is 640 g/mol. The summed E-state index contributed by atoms with van der Waals surface area (Å²) in [7, 11) is 0. The summed E-state index contributed by atoms with van der Waals surface area (Å²) in [5.41, 5.74) is 0.101. The summed E-state index contributed by atoms with van der Waals surface area (Å²) in [6.07, 6.45) is 0.390. The summed E-state index contributed by atoms with van der Waals surface area (Å²) in [6, 6.07) is 6.71. The molecule has 1 aliphatic rings. The molecule has 12 heteroatoms. The lowest BCUT2D eigenvalue weighted by Crippen LogP contribution is -2.53. The van der Waals surface area contributed by atoms with Crippen LogP contribution in [0.2, 0.25) is 0 Å². The van der Waals surface area contributed by atoms with Gasteiger partial charge in [0.1, 0.15) is 24.3 Å². The van der Waals surface area contributed by atoms with E-state index in [-0.39, 0.29) is 49.4 Å². The van der Waals surface area contributed by atoms with Crippen molar-refractivity contribution in [3.63, 3.8) is 0 Å². The molecular formula is C38H60N4O8. The van der Waals surface area contributed by atoms with E-state index in [1.54, 1.807) is 25.7 Å². The van der Waals surface area contributed by atoms with E-state index in [9.17, 15) is 28.8 Å². The smallest absolute Gasteiger partial charge is 0.410 e. The van der Waals surface area contributed by atoms with Crippen LogP contribution in [0.25, 0.3) is 0 Å². The molecule has 4 atom stereocenters. The Labute approximate surface area is 298 Å². The first-order chi connectivity index (χ1) is 23.5. The number of likely N-dealkylation sites (tertiary alicyclic amines) is 1. The van der Waals surface area contributed by atoms with Crippen molar-refractivity contribution >= 4 is 35.6 Å². The van der Waals surface area contributed by atoms with Crippen LogP contribution in [0.15, 0.2) is 30.3 Å². The molecule has 0 bridgehead atoms. The highest BCUT2D eigenvalue weighted by molar-refractivity contribution is 5.95. The fourth-order valence-corrected chi connectivity index (χ4v) is 5.98. The van der Waals surface area contributed by atoms with Gasteiger partial charge in [0.15, 0.2) is 5.78 Å². The molecule has 1 fully saturated rings. The molecule has 280 valence electrons. The van der Waals surface area contributed by atoms with E-state index in [0.29, 0.717) is 38.9 Å². The second-order valence-electron chi connectivity index (χ2n) is 14.8. The summed E-state index contributed by atoms with van der Waals surface area (Å²) in [5.74, 6) is -3.23. The summed E-state index contributed by atoms with van der Waals surface area (Å²) in [5, 5.41) is 5.74. The van der Waals surface area contributed by atoms with Gasteiger partial charge in [-0.1, -0.05) is 58.0 Å². The maximum atomic E-state index is 14.0. The van der Waals surface area contributed by atoms with Crippen LogP contribution in [0.3, 0.4) is 0 Å². The second kappa shape index (κ2) is 20.0. The number of hydrogen-bond donors (Lipinski definition) is 2. The van der Waals surface area contributed by atoms with Crippen LogP contribution in [-0.4, -0.2) is 88.7 Å². The first kappa shape index (κ1) is 42.2. The van der Waals surface area contributed by atoms with Crippen molar-refractivity contribution in [2.75, 3.05) is 19.6 Å². The topological polar surface area (TPSA) is 151 Å². The van der Waals surface area contributed by atoms with Crippen molar-refractivity contribution < 1.29 is 38.2 Å². The standard InChI is InChI=1S/C38H60N4O8/c1-10-41(11-2)36(47)33(26(5)6)40-34(45)28(19-20-32(44)50-38(7,8)9)23-31(43)29(22-25(3)4)39-35(46)30-18-15-21-42(30)37(48)49-24-27-16-13-12-14-17-27/h12-14,16-17,25-26,28-30,33H,10-11,15,18-24H2,1-9H3,(H,39,46)(H,40,45)/t28-,29+,30+,33+/m1/s1. The Kier molecular flexibility index (Phi) is 16.9. The van der Waals surface area contributed by atoms with Crippen molar-refractivity contribution in [1.29, 1.82) is 0 Å². The van der Waals surface area contributed by atoms with Gasteiger partial charge in [0.25, 0.3) is 0 Å². The molecule has 50 heavy (non-hydrogen) atoms. The molecule has 0 aromatic heterocycles. The molecule has 0 radical (unpaired) electrons. The molecule has 1 heterocycles. The zero-order valence-electron chi connectivity index (χ0n) is 31.6. The van der Waals surface area contributed by atoms with Gasteiger partial charge in [-0.2, -0.15) is 0 Å². The summed E-state index contributed by atoms with van der Waals surface area (Å²) < 4.78 is 10.9. The highest BCUT2D eigenvalue weighted by atomic mass is 16.6. The molecule has 1 aromatic carbocycles. The Morgan fingerprint density at radius 2 is 1.60 bits per heavy atom. The van der Waals surface area contributed by atoms with Gasteiger partial charge in [-0.3, -0.25) is 28.9 Å². The molecule has 12 nitrogen and oxygen atoms in total. The van der Waals surface area contributed by atoms with Gasteiger partial charge >= 0.3 is 12.1 Å². The zero-order chi connectivity index (χ0) is 37.6. The number of ketones is 1. The van der Waals surface area contributed by atoms with Gasteiger partial charge in [-0.25, -0.2) is 4.79 Å². The summed E-state index contributed by atoms with van der Waals surface area (Å²) >= 11 is 0. The molecule has 1 aromatic rings. The van der Waals surface area contributed by atoms with E-state index in [2.05, 4.69) is 10.6 Å². The van der Waals surface area contributed by atoms with Gasteiger partial charge < -0.3 is 25.0 Å². The van der Waals surface area contributed by atoms with E-state index in [4.69, 9.17) is 9.47 Å². The number of carbonyl (C=O) groups excluding carboxylic acids is 6. The van der Waals surface area contributed by atoms with Crippen LogP contribution >= 0.6 is 0 Å². The van der Waals surface area contributed by atoms with E-state index >= 15 is 0 Å². The number of likely N-dealkylation sites (N-methyl/N-ethyl adjacent to an activating group) is 1. The van der Waals surface area contributed by atoms with Gasteiger partial charge in [0, 0.05) is 38.4 Å². The number of amides is 4. The minimum atomic E-state index is -0.955. The van der Waals surface area contributed by atoms with E-state index < -0.39 is 53.5 Å². The third kappa shape index (κ3) is 13.7. The first-order valence-corrected chi connectivity index (χ1v) is 18.1. The largest absolute Gasteiger partial charge is 0.460 e. The maximum absolute atomic E-state index is 14.0. The molecule has 1 aliphatic heterocycles. The number of Topliss-reactive ketones (excluding diaryl/α,β-unsaturated/α-hetero) is 1. The monoisotopic (exact) mass is 700 g/mol. The van der Waals surface area contributed by atoms with E-state index in [1.165, 1.54) is 4.90 Å². The van der Waals surface area contributed by atoms with Crippen molar-refractivity contribution in [2.24, 2.45) is 17.8 Å². The fourth-order valence-electron chi connectivity index (χ4n) is 5.98. The Bertz CT molecular complexity index is 1290. The van der Waals surface area contributed by atoms with Crippen molar-refractivity contribution in [1.82, 2.24) is 20.4 Å². The van der Waals surface area contributed by atoms with Crippen LogP contribution < -0.4 is 10.6 Å². The number of carbonyl (C=O) groups is 6. The van der Waals surface area contributed by atoms with Gasteiger partial charge in [0.05, 0.1) is 6.04 Å². The number of nitrogens with zero attached hydrogens (tertiary/aromatic N) is 2. The number of hydrogen-bond acceptors (Lipinski definition) is 8. The number of nitrogens with one attached hydrogen (secondary N) is 2. The van der Waals surface area contributed by atoms with Crippen molar-refractivity contribution in [3.8, 4) is 0 Å². The minimum absolute atomic E-state index is 0.0166. The molecule has 0 saturated carbocycles. The number of ether oxygens (including phenoxy) is 2. The average Bonchev–Trinajstić information content (AvgIpc) is 3.54. The molecule has 1 saturated heterocycles. The average molecular weight is 701 g/mol. The number of esters is 1. The molecule has 0 unspecified atom stereocenters. The third-order valence-corrected chi connectivity index (χ3v) is 8.65. The Hall–Kier alpha value is -3.96. The van der Waals surface area contributed by atoms with Gasteiger partial charge in [0.2, 0.25) is 17.7 Å². The number of rotatable bonds is 18. The van der Waals surface area contributed by atoms with Crippen LogP contribution in [0, 0.1) is 17.8 Å². The lowest BCUT2D eigenvalue weighted by molar-refractivity contribution is -0.155. The van der Waals surface area contributed by atoms with Crippen LogP contribution in [-0.2, 0) is 40.1 Å². The molecule has 0 aliphatic carbocycles. The molecule has 2 N–H and O–H groups in total. The van der Waals surface area contributed by atoms with Gasteiger partial charge in [-0.15, -0.1) is 0 Å². The van der Waals surface area contributed by atoms with E-state index in [0.717, 1.165) is 5.56 Å². The summed E-state index contributed by atoms with van der Waals surface area (Å²) in [6.45, 7) is 17.9. The highest BCUT2D eigenvalue weighted by Crippen LogP contribution is 2.22. The normalized spacial score (nSPS) is 16.4. The predicted molar refractivity (Wildman–Crippen MR) is 191 cm³/mol. The van der Waals surface area contributed by atoms with Crippen molar-refractivity contribution in [3.05, 3.63) is 35.9 Å². The third-order valence-electron chi connectivity index (χ3n) is 8.65. The van der Waals surface area contributed by atoms with Gasteiger partial charge in [-0.05, 0) is 77.7 Å². The molecule has 0 spiro atoms. The fraction of sp³-hybridized carbons (Fsp3) is 0.684. The summed E-state index contributed by atoms with van der Waals surface area (Å²) in [4.78, 5) is 83.4. The van der Waals surface area contributed by atoms with Crippen LogP contribution in [0.5, 0.6) is 0 Å². The SMILES string of the molecule is CCN(CC)C(=O)[C@@H](NC(=O)[C@H](CCC(=O)OC(C)(C)C)CC(=O)[C@H](CC(C)C)NC(=O)[C@@H]1CCCN1C(=O)OCc1ccccc1)C(C)C. The van der Waals surface area contributed by atoms with Crippen LogP contribution in [0.1, 0.15) is 106 Å². The highest BCUT2D eigenvalue weighted by Gasteiger charge is 2.38. The maximum Gasteiger partial charge on any atom is 0.410 e. The van der Waals surface area contributed by atoms with E-state index in [1.807, 2.05) is 71.9 Å². The predicted octanol–water partition coefficient (Wildman–Crippen LogP) is 5.03. The quantitative estimate of drug-likeness (QED) is 0.203. The van der Waals surface area contributed by atoms with Crippen LogP contribution in [0.4, 0.5) is 4.79 Å². The lowest BCUT2D eigenvalue weighted by Gasteiger charge is -2.30. The minimum Gasteiger partial charge on any atom is -0.460 e.